The molecule has 0 saturated carbocycles. The maximum Gasteiger partial charge on any atom is 0.325 e. The van der Waals surface area contributed by atoms with E-state index in [1.165, 1.54) is 7.11 Å². The normalized spacial score (nSPS) is 9.47. The Morgan fingerprint density at radius 3 is 2.47 bits per heavy atom. The van der Waals surface area contributed by atoms with Crippen LogP contribution in [0.1, 0.15) is 10.4 Å². The lowest BCUT2D eigenvalue weighted by atomic mass is 10.2. The van der Waals surface area contributed by atoms with Crippen LogP contribution in [0.15, 0.2) is 28.7 Å². The summed E-state index contributed by atoms with van der Waals surface area (Å²) < 4.78 is 5.29. The monoisotopic (exact) mass is 271 g/mol. The van der Waals surface area contributed by atoms with E-state index >= 15 is 0 Å². The van der Waals surface area contributed by atoms with Crippen LogP contribution < -0.4 is 5.32 Å². The summed E-state index contributed by atoms with van der Waals surface area (Å²) in [7, 11) is 1.27. The number of carbonyl (C=O) groups excluding carboxylic acids is 2. The molecule has 5 heteroatoms. The zero-order valence-electron chi connectivity index (χ0n) is 8.12. The molecule has 0 aliphatic heterocycles. The van der Waals surface area contributed by atoms with Gasteiger partial charge in [0.05, 0.1) is 7.11 Å². The third kappa shape index (κ3) is 3.71. The van der Waals surface area contributed by atoms with Crippen LogP contribution >= 0.6 is 15.9 Å². The first-order chi connectivity index (χ1) is 7.13. The van der Waals surface area contributed by atoms with Gasteiger partial charge in [0.2, 0.25) is 0 Å². The minimum Gasteiger partial charge on any atom is -0.468 e. The van der Waals surface area contributed by atoms with Crippen molar-refractivity contribution < 1.29 is 14.3 Å². The second kappa shape index (κ2) is 5.50. The van der Waals surface area contributed by atoms with E-state index in [1.807, 2.05) is 0 Å². The van der Waals surface area contributed by atoms with Gasteiger partial charge in [-0.3, -0.25) is 9.59 Å². The van der Waals surface area contributed by atoms with Crippen molar-refractivity contribution in [2.24, 2.45) is 0 Å². The van der Waals surface area contributed by atoms with Crippen molar-refractivity contribution in [1.29, 1.82) is 0 Å². The van der Waals surface area contributed by atoms with E-state index in [0.29, 0.717) is 5.56 Å². The molecule has 1 amide bonds. The molecule has 15 heavy (non-hydrogen) atoms. The van der Waals surface area contributed by atoms with E-state index in [2.05, 4.69) is 26.0 Å². The predicted molar refractivity (Wildman–Crippen MR) is 58.5 cm³/mol. The second-order valence-corrected chi connectivity index (χ2v) is 3.68. The van der Waals surface area contributed by atoms with Crippen molar-refractivity contribution in [1.82, 2.24) is 5.32 Å². The molecule has 0 heterocycles. The van der Waals surface area contributed by atoms with Crippen LogP contribution in [0.4, 0.5) is 0 Å². The molecule has 80 valence electrons. The summed E-state index contributed by atoms with van der Waals surface area (Å²) in [4.78, 5) is 22.2. The molecule has 1 aromatic rings. The highest BCUT2D eigenvalue weighted by Crippen LogP contribution is 2.10. The second-order valence-electron chi connectivity index (χ2n) is 2.77. The van der Waals surface area contributed by atoms with Gasteiger partial charge in [-0.2, -0.15) is 0 Å². The molecule has 0 radical (unpaired) electrons. The number of benzene rings is 1. The fraction of sp³-hybridized carbons (Fsp3) is 0.200. The maximum absolute atomic E-state index is 11.4. The smallest absolute Gasteiger partial charge is 0.325 e. The average molecular weight is 272 g/mol. The van der Waals surface area contributed by atoms with Crippen LogP contribution in [-0.2, 0) is 9.53 Å². The Kier molecular flexibility index (Phi) is 4.30. The fourth-order valence-electron chi connectivity index (χ4n) is 0.928. The molecule has 1 rings (SSSR count). The number of hydrogen-bond donors (Lipinski definition) is 1. The van der Waals surface area contributed by atoms with Crippen LogP contribution in [0.3, 0.4) is 0 Å². The number of carbonyl (C=O) groups is 2. The number of ether oxygens (including phenoxy) is 1. The highest BCUT2D eigenvalue weighted by atomic mass is 79.9. The van der Waals surface area contributed by atoms with Gasteiger partial charge in [-0.1, -0.05) is 15.9 Å². The van der Waals surface area contributed by atoms with Crippen molar-refractivity contribution in [3.63, 3.8) is 0 Å². The molecule has 0 saturated heterocycles. The molecular weight excluding hydrogens is 262 g/mol. The number of methoxy groups -OCH3 is 1. The SMILES string of the molecule is COC(=O)CNC(=O)c1ccc(Br)cc1. The zero-order chi connectivity index (χ0) is 11.3. The molecule has 0 aromatic heterocycles. The lowest BCUT2D eigenvalue weighted by molar-refractivity contribution is -0.139. The predicted octanol–water partition coefficient (Wildman–Crippen LogP) is 1.35. The third-order valence-corrected chi connectivity index (χ3v) is 2.26. The third-order valence-electron chi connectivity index (χ3n) is 1.73. The molecular formula is C10H10BrNO3. The van der Waals surface area contributed by atoms with Crippen molar-refractivity contribution in [3.05, 3.63) is 34.3 Å². The Balaban J connectivity index is 2.54. The topological polar surface area (TPSA) is 55.4 Å². The summed E-state index contributed by atoms with van der Waals surface area (Å²) in [5.74, 6) is -0.770. The van der Waals surface area contributed by atoms with Gasteiger partial charge in [-0.15, -0.1) is 0 Å². The number of halogens is 1. The molecule has 0 fully saturated rings. The van der Waals surface area contributed by atoms with Crippen molar-refractivity contribution in [2.45, 2.75) is 0 Å². The van der Waals surface area contributed by atoms with Crippen molar-refractivity contribution >= 4 is 27.8 Å². The van der Waals surface area contributed by atoms with Crippen molar-refractivity contribution in [2.75, 3.05) is 13.7 Å². The first-order valence-corrected chi connectivity index (χ1v) is 5.03. The minimum atomic E-state index is -0.472. The summed E-state index contributed by atoms with van der Waals surface area (Å²) in [5.41, 5.74) is 0.502. The Morgan fingerprint density at radius 1 is 1.33 bits per heavy atom. The van der Waals surface area contributed by atoms with Gasteiger partial charge in [-0.25, -0.2) is 0 Å². The van der Waals surface area contributed by atoms with Crippen molar-refractivity contribution in [3.8, 4) is 0 Å². The zero-order valence-corrected chi connectivity index (χ0v) is 9.71. The molecule has 1 aromatic carbocycles. The molecule has 0 unspecified atom stereocenters. The average Bonchev–Trinajstić information content (AvgIpc) is 2.26. The number of rotatable bonds is 3. The lowest BCUT2D eigenvalue weighted by Gasteiger charge is -2.03. The van der Waals surface area contributed by atoms with Gasteiger partial charge in [0.25, 0.3) is 5.91 Å². The Morgan fingerprint density at radius 2 is 1.93 bits per heavy atom. The first kappa shape index (κ1) is 11.7. The lowest BCUT2D eigenvalue weighted by Crippen LogP contribution is -2.30. The van der Waals surface area contributed by atoms with Gasteiger partial charge in [0, 0.05) is 10.0 Å². The highest BCUT2D eigenvalue weighted by molar-refractivity contribution is 9.10. The van der Waals surface area contributed by atoms with Gasteiger partial charge < -0.3 is 10.1 Å². The molecule has 0 spiro atoms. The van der Waals surface area contributed by atoms with E-state index in [-0.39, 0.29) is 12.5 Å². The van der Waals surface area contributed by atoms with E-state index < -0.39 is 5.97 Å². The summed E-state index contributed by atoms with van der Waals surface area (Å²) in [6.45, 7) is -0.120. The maximum atomic E-state index is 11.4. The number of esters is 1. The first-order valence-electron chi connectivity index (χ1n) is 4.24. The molecule has 4 nitrogen and oxygen atoms in total. The Bertz CT molecular complexity index is 361. The summed E-state index contributed by atoms with van der Waals surface area (Å²) in [5, 5.41) is 2.44. The summed E-state index contributed by atoms with van der Waals surface area (Å²) in [6.07, 6.45) is 0. The van der Waals surface area contributed by atoms with E-state index in [1.54, 1.807) is 24.3 Å². The van der Waals surface area contributed by atoms with Crippen LogP contribution in [-0.4, -0.2) is 25.5 Å². The van der Waals surface area contributed by atoms with Crippen LogP contribution in [0, 0.1) is 0 Å². The van der Waals surface area contributed by atoms with Gasteiger partial charge >= 0.3 is 5.97 Å². The van der Waals surface area contributed by atoms with Crippen LogP contribution in [0.25, 0.3) is 0 Å². The standard InChI is InChI=1S/C10H10BrNO3/c1-15-9(13)6-12-10(14)7-2-4-8(11)5-3-7/h2-5H,6H2,1H3,(H,12,14). The van der Waals surface area contributed by atoms with Gasteiger partial charge in [-0.05, 0) is 24.3 Å². The molecule has 0 atom stereocenters. The van der Waals surface area contributed by atoms with Crippen LogP contribution in [0.5, 0.6) is 0 Å². The largest absolute Gasteiger partial charge is 0.468 e. The van der Waals surface area contributed by atoms with E-state index in [0.717, 1.165) is 4.47 Å². The van der Waals surface area contributed by atoms with Crippen LogP contribution in [0.2, 0.25) is 0 Å². The minimum absolute atomic E-state index is 0.120. The fourth-order valence-corrected chi connectivity index (χ4v) is 1.19. The number of nitrogens with one attached hydrogen (secondary N) is 1. The van der Waals surface area contributed by atoms with Gasteiger partial charge in [0.1, 0.15) is 6.54 Å². The Labute approximate surface area is 95.7 Å². The van der Waals surface area contributed by atoms with Gasteiger partial charge in [0.15, 0.2) is 0 Å². The Hall–Kier alpha value is -1.36. The summed E-state index contributed by atoms with van der Waals surface area (Å²) >= 11 is 3.26. The molecule has 0 bridgehead atoms. The highest BCUT2D eigenvalue weighted by Gasteiger charge is 2.07. The van der Waals surface area contributed by atoms with E-state index in [4.69, 9.17) is 0 Å². The number of amides is 1. The molecule has 0 aliphatic rings. The summed E-state index contributed by atoms with van der Waals surface area (Å²) in [6, 6.07) is 6.84. The molecule has 1 N–H and O–H groups in total. The molecule has 0 aliphatic carbocycles. The number of hydrogen-bond acceptors (Lipinski definition) is 3. The quantitative estimate of drug-likeness (QED) is 0.845. The van der Waals surface area contributed by atoms with E-state index in [9.17, 15) is 9.59 Å².